The van der Waals surface area contributed by atoms with Gasteiger partial charge >= 0.3 is 162 Å². The van der Waals surface area contributed by atoms with Crippen molar-refractivity contribution in [3.05, 3.63) is 89.5 Å². The molecule has 3 aromatic rings. The van der Waals surface area contributed by atoms with E-state index in [4.69, 9.17) is 0 Å². The fourth-order valence-corrected chi connectivity index (χ4v) is 23.7. The summed E-state index contributed by atoms with van der Waals surface area (Å²) < 4.78 is 0. The van der Waals surface area contributed by atoms with E-state index in [1.807, 2.05) is 0 Å². The average Bonchev–Trinajstić information content (AvgIpc) is 2.61. The standard InChI is InChI=1S/3C7H8P.Pd/c3*1-6-4-2-3-5-7(6)8;/h3*2-5,8H,1H3;/q3*-1;+3. The normalized spacial score (nSPS) is 12.8. The molecule has 0 fully saturated rings. The van der Waals surface area contributed by atoms with Gasteiger partial charge in [-0.15, -0.1) is 0 Å². The molecule has 0 heterocycles. The molecular formula is C21H24P3Pd. The second kappa shape index (κ2) is 9.52. The van der Waals surface area contributed by atoms with Gasteiger partial charge in [0.2, 0.25) is 0 Å². The second-order valence-corrected chi connectivity index (χ2v) is 23.9. The SMILES string of the molecule is Cc1ccccc1[PH][Pd]([PH]c1ccccc1C)[PH]c1ccccc1C. The minimum absolute atomic E-state index is 0.657. The van der Waals surface area contributed by atoms with Crippen LogP contribution in [0.1, 0.15) is 16.7 Å². The van der Waals surface area contributed by atoms with Gasteiger partial charge in [-0.3, -0.25) is 0 Å². The van der Waals surface area contributed by atoms with Gasteiger partial charge < -0.3 is 0 Å². The minimum atomic E-state index is -0.657. The molecular weight excluding hydrogens is 452 g/mol. The van der Waals surface area contributed by atoms with E-state index in [9.17, 15) is 0 Å². The third-order valence-electron chi connectivity index (χ3n) is 3.93. The summed E-state index contributed by atoms with van der Waals surface area (Å²) in [5.74, 6) is 0. The Balaban J connectivity index is 1.86. The molecule has 0 N–H and O–H groups in total. The topological polar surface area (TPSA) is 0 Å². The van der Waals surface area contributed by atoms with E-state index >= 15 is 0 Å². The van der Waals surface area contributed by atoms with Crippen molar-refractivity contribution in [2.75, 3.05) is 0 Å². The van der Waals surface area contributed by atoms with E-state index < -0.39 is 15.3 Å². The Kier molecular flexibility index (Phi) is 7.38. The molecule has 3 unspecified atom stereocenters. The molecule has 0 aliphatic rings. The van der Waals surface area contributed by atoms with Crippen LogP contribution in [0.25, 0.3) is 0 Å². The van der Waals surface area contributed by atoms with Crippen LogP contribution in [-0.4, -0.2) is 0 Å². The van der Waals surface area contributed by atoms with Crippen LogP contribution in [0.15, 0.2) is 72.8 Å². The van der Waals surface area contributed by atoms with Gasteiger partial charge in [-0.25, -0.2) is 0 Å². The van der Waals surface area contributed by atoms with Gasteiger partial charge in [0.25, 0.3) is 0 Å². The maximum absolute atomic E-state index is 2.34. The van der Waals surface area contributed by atoms with Crippen LogP contribution in [0, 0.1) is 20.8 Å². The summed E-state index contributed by atoms with van der Waals surface area (Å²) in [6, 6.07) is 26.9. The molecule has 25 heavy (non-hydrogen) atoms. The van der Waals surface area contributed by atoms with Crippen molar-refractivity contribution in [2.45, 2.75) is 20.8 Å². The number of rotatable bonds is 6. The predicted octanol–water partition coefficient (Wildman–Crippen LogP) is 5.29. The Bertz CT molecular complexity index is 735. The van der Waals surface area contributed by atoms with E-state index in [1.54, 1.807) is 15.9 Å². The first-order valence-corrected chi connectivity index (χ1v) is 17.7. The first-order chi connectivity index (χ1) is 12.1. The molecule has 0 aliphatic carbocycles. The summed E-state index contributed by atoms with van der Waals surface area (Å²) >= 11 is -0.657. The van der Waals surface area contributed by atoms with Crippen LogP contribution in [0.3, 0.4) is 0 Å². The first-order valence-electron chi connectivity index (χ1n) is 8.21. The van der Waals surface area contributed by atoms with E-state index in [0.717, 1.165) is 20.3 Å². The molecule has 0 aliphatic heterocycles. The number of benzene rings is 3. The molecule has 3 atom stereocenters. The molecule has 0 saturated carbocycles. The predicted molar refractivity (Wildman–Crippen MR) is 117 cm³/mol. The molecule has 0 nitrogen and oxygen atoms in total. The monoisotopic (exact) mass is 475 g/mol. The van der Waals surface area contributed by atoms with Gasteiger partial charge in [0, 0.05) is 0 Å². The summed E-state index contributed by atoms with van der Waals surface area (Å²) in [6.07, 6.45) is 0. The first kappa shape index (κ1) is 19.4. The second-order valence-electron chi connectivity index (χ2n) is 5.92. The van der Waals surface area contributed by atoms with Gasteiger partial charge in [-0.1, -0.05) is 0 Å². The van der Waals surface area contributed by atoms with Crippen LogP contribution < -0.4 is 15.9 Å². The Hall–Kier alpha value is -0.388. The third kappa shape index (κ3) is 5.54. The van der Waals surface area contributed by atoms with Crippen LogP contribution in [0.4, 0.5) is 0 Å². The Labute approximate surface area is 161 Å². The van der Waals surface area contributed by atoms with E-state index in [0.29, 0.717) is 0 Å². The molecule has 0 radical (unpaired) electrons. The molecule has 133 valence electrons. The number of hydrogen-bond donors (Lipinski definition) is 0. The Morgan fingerprint density at radius 3 is 1.04 bits per heavy atom. The molecule has 0 bridgehead atoms. The van der Waals surface area contributed by atoms with Crippen molar-refractivity contribution >= 4 is 36.2 Å². The van der Waals surface area contributed by atoms with Crippen molar-refractivity contribution in [2.24, 2.45) is 0 Å². The molecule has 4 heteroatoms. The van der Waals surface area contributed by atoms with Crippen LogP contribution in [-0.2, 0) is 15.3 Å². The van der Waals surface area contributed by atoms with Gasteiger partial charge in [-0.05, 0) is 0 Å². The van der Waals surface area contributed by atoms with Gasteiger partial charge in [0.1, 0.15) is 0 Å². The fourth-order valence-electron chi connectivity index (χ4n) is 2.30. The maximum atomic E-state index is 2.34. The van der Waals surface area contributed by atoms with Crippen molar-refractivity contribution < 1.29 is 15.3 Å². The number of aryl methyl sites for hydroxylation is 3. The van der Waals surface area contributed by atoms with Gasteiger partial charge in [0.05, 0.1) is 0 Å². The average molecular weight is 476 g/mol. The zero-order valence-corrected chi connectivity index (χ0v) is 19.3. The fraction of sp³-hybridized carbons (Fsp3) is 0.143. The summed E-state index contributed by atoms with van der Waals surface area (Å²) in [7, 11) is 0. The van der Waals surface area contributed by atoms with Gasteiger partial charge in [-0.2, -0.15) is 0 Å². The number of hydrogen-bond acceptors (Lipinski definition) is 0. The molecule has 3 aromatic carbocycles. The van der Waals surface area contributed by atoms with Crippen LogP contribution >= 0.6 is 20.3 Å². The van der Waals surface area contributed by atoms with E-state index in [-0.39, 0.29) is 0 Å². The summed E-state index contributed by atoms with van der Waals surface area (Å²) in [5, 5.41) is 4.72. The zero-order chi connectivity index (χ0) is 17.6. The molecule has 0 spiro atoms. The summed E-state index contributed by atoms with van der Waals surface area (Å²) in [4.78, 5) is 0. The van der Waals surface area contributed by atoms with Gasteiger partial charge in [0.15, 0.2) is 0 Å². The Morgan fingerprint density at radius 2 is 0.760 bits per heavy atom. The molecule has 3 rings (SSSR count). The Morgan fingerprint density at radius 1 is 0.480 bits per heavy atom. The van der Waals surface area contributed by atoms with Crippen molar-refractivity contribution in [1.82, 2.24) is 0 Å². The quantitative estimate of drug-likeness (QED) is 0.336. The van der Waals surface area contributed by atoms with E-state index in [2.05, 4.69) is 93.6 Å². The summed E-state index contributed by atoms with van der Waals surface area (Å²) in [5.41, 5.74) is 4.37. The van der Waals surface area contributed by atoms with Crippen molar-refractivity contribution in [3.63, 3.8) is 0 Å². The molecule has 0 saturated heterocycles. The molecule has 0 aromatic heterocycles. The third-order valence-corrected chi connectivity index (χ3v) is 22.3. The summed E-state index contributed by atoms with van der Waals surface area (Å²) in [6.45, 7) is 9.72. The van der Waals surface area contributed by atoms with Crippen molar-refractivity contribution in [3.8, 4) is 0 Å². The van der Waals surface area contributed by atoms with Crippen LogP contribution in [0.2, 0.25) is 0 Å². The zero-order valence-electron chi connectivity index (χ0n) is 14.7. The molecule has 0 amide bonds. The van der Waals surface area contributed by atoms with Crippen molar-refractivity contribution in [1.29, 1.82) is 0 Å². The van der Waals surface area contributed by atoms with Crippen LogP contribution in [0.5, 0.6) is 0 Å². The van der Waals surface area contributed by atoms with E-state index in [1.165, 1.54) is 16.7 Å².